The maximum absolute atomic E-state index is 12.1. The molecule has 0 bridgehead atoms. The first-order valence-corrected chi connectivity index (χ1v) is 8.61. The molecule has 1 heterocycles. The maximum Gasteiger partial charge on any atom is 0.187 e. The Morgan fingerprint density at radius 1 is 1.35 bits per heavy atom. The molecule has 1 N–H and O–H groups in total. The van der Waals surface area contributed by atoms with Crippen LogP contribution in [-0.2, 0) is 4.79 Å². The second-order valence-corrected chi connectivity index (χ2v) is 7.71. The number of Topliss-reactive ketones (excluding diaryl/α,β-unsaturated/α-hetero) is 1. The molecule has 0 saturated heterocycles. The number of nitrogens with one attached hydrogen (secondary N) is 1. The summed E-state index contributed by atoms with van der Waals surface area (Å²) in [4.78, 5) is 16.6. The molecule has 0 radical (unpaired) electrons. The molecule has 6 heteroatoms. The lowest BCUT2D eigenvalue weighted by atomic mass is 9.87. The van der Waals surface area contributed by atoms with E-state index >= 15 is 0 Å². The van der Waals surface area contributed by atoms with Crippen molar-refractivity contribution in [2.45, 2.75) is 20.8 Å². The van der Waals surface area contributed by atoms with E-state index in [1.165, 1.54) is 17.5 Å². The molecule has 23 heavy (non-hydrogen) atoms. The summed E-state index contributed by atoms with van der Waals surface area (Å²) in [7, 11) is 0. The van der Waals surface area contributed by atoms with Crippen molar-refractivity contribution in [3.8, 4) is 17.3 Å². The number of allylic oxidation sites excluding steroid dienone is 1. The van der Waals surface area contributed by atoms with Crippen LogP contribution in [0.15, 0.2) is 45.9 Å². The monoisotopic (exact) mass is 389 g/mol. The Labute approximate surface area is 148 Å². The average molecular weight is 390 g/mol. The van der Waals surface area contributed by atoms with Gasteiger partial charge >= 0.3 is 0 Å². The van der Waals surface area contributed by atoms with Crippen molar-refractivity contribution in [2.24, 2.45) is 5.41 Å². The Bertz CT molecular complexity index is 779. The van der Waals surface area contributed by atoms with Gasteiger partial charge in [0.05, 0.1) is 5.69 Å². The smallest absolute Gasteiger partial charge is 0.187 e. The normalized spacial score (nSPS) is 11.9. The average Bonchev–Trinajstić information content (AvgIpc) is 2.96. The van der Waals surface area contributed by atoms with Crippen LogP contribution in [0.25, 0.3) is 11.3 Å². The fourth-order valence-corrected chi connectivity index (χ4v) is 2.73. The Morgan fingerprint density at radius 3 is 2.57 bits per heavy atom. The highest BCUT2D eigenvalue weighted by atomic mass is 79.9. The van der Waals surface area contributed by atoms with E-state index in [0.29, 0.717) is 5.13 Å². The van der Waals surface area contributed by atoms with E-state index in [4.69, 9.17) is 5.26 Å². The number of halogens is 1. The number of anilines is 1. The number of hydrogen-bond acceptors (Lipinski definition) is 5. The zero-order valence-electron chi connectivity index (χ0n) is 13.1. The number of ketones is 1. The molecule has 2 aromatic rings. The van der Waals surface area contributed by atoms with Gasteiger partial charge in [-0.1, -0.05) is 48.8 Å². The molecule has 0 unspecified atom stereocenters. The van der Waals surface area contributed by atoms with E-state index < -0.39 is 5.41 Å². The molecule has 118 valence electrons. The van der Waals surface area contributed by atoms with Gasteiger partial charge in [-0.2, -0.15) is 5.26 Å². The summed E-state index contributed by atoms with van der Waals surface area (Å²) in [5, 5.41) is 14.7. The van der Waals surface area contributed by atoms with E-state index in [0.717, 1.165) is 15.7 Å². The third-order valence-electron chi connectivity index (χ3n) is 3.03. The molecule has 0 aliphatic rings. The molecule has 0 atom stereocenters. The second kappa shape index (κ2) is 7.07. The van der Waals surface area contributed by atoms with Gasteiger partial charge in [-0.05, 0) is 12.1 Å². The van der Waals surface area contributed by atoms with Gasteiger partial charge in [-0.15, -0.1) is 11.3 Å². The van der Waals surface area contributed by atoms with Crippen LogP contribution >= 0.6 is 27.3 Å². The van der Waals surface area contributed by atoms with Crippen LogP contribution in [0.3, 0.4) is 0 Å². The molecule has 4 nitrogen and oxygen atoms in total. The van der Waals surface area contributed by atoms with Crippen LogP contribution in [-0.4, -0.2) is 10.8 Å². The second-order valence-electron chi connectivity index (χ2n) is 5.94. The molecule has 0 fully saturated rings. The Hall–Kier alpha value is -1.97. The summed E-state index contributed by atoms with van der Waals surface area (Å²) < 4.78 is 1.01. The Morgan fingerprint density at radius 2 is 2.00 bits per heavy atom. The van der Waals surface area contributed by atoms with Crippen molar-refractivity contribution in [2.75, 3.05) is 5.32 Å². The zero-order valence-corrected chi connectivity index (χ0v) is 15.5. The molecule has 2 rings (SSSR count). The van der Waals surface area contributed by atoms with Crippen molar-refractivity contribution in [3.63, 3.8) is 0 Å². The van der Waals surface area contributed by atoms with Gasteiger partial charge in [0.2, 0.25) is 0 Å². The third-order valence-corrected chi connectivity index (χ3v) is 4.33. The van der Waals surface area contributed by atoms with Crippen molar-refractivity contribution in [1.29, 1.82) is 5.26 Å². The number of carbonyl (C=O) groups is 1. The van der Waals surface area contributed by atoms with Gasteiger partial charge in [-0.25, -0.2) is 4.98 Å². The first kappa shape index (κ1) is 17.4. The molecule has 0 spiro atoms. The van der Waals surface area contributed by atoms with Crippen molar-refractivity contribution < 1.29 is 4.79 Å². The van der Waals surface area contributed by atoms with Gasteiger partial charge in [0, 0.05) is 27.0 Å². The fraction of sp³-hybridized carbons (Fsp3) is 0.235. The SMILES string of the molecule is CC(C)(C)C(=O)C(C#N)=CNc1nc(-c2ccc(Br)cc2)cs1. The molecular formula is C17H16BrN3OS. The van der Waals surface area contributed by atoms with Crippen LogP contribution < -0.4 is 5.32 Å². The van der Waals surface area contributed by atoms with Gasteiger partial charge in [0.15, 0.2) is 10.9 Å². The number of carbonyl (C=O) groups excluding carboxylic acids is 1. The van der Waals surface area contributed by atoms with Crippen molar-refractivity contribution in [3.05, 3.63) is 45.9 Å². The van der Waals surface area contributed by atoms with Crippen LogP contribution in [0.4, 0.5) is 5.13 Å². The molecular weight excluding hydrogens is 374 g/mol. The fourth-order valence-electron chi connectivity index (χ4n) is 1.78. The number of nitriles is 1. The minimum absolute atomic E-state index is 0.0953. The van der Waals surface area contributed by atoms with Gasteiger partial charge < -0.3 is 5.32 Å². The standard InChI is InChI=1S/C17H16BrN3OS/c1-17(2,3)15(22)12(8-19)9-20-16-21-14(10-23-16)11-4-6-13(18)7-5-11/h4-7,9-10H,1-3H3,(H,20,21). The highest BCUT2D eigenvalue weighted by Crippen LogP contribution is 2.26. The molecule has 0 aliphatic heterocycles. The topological polar surface area (TPSA) is 65.8 Å². The van der Waals surface area contributed by atoms with Crippen LogP contribution in [0, 0.1) is 16.7 Å². The minimum Gasteiger partial charge on any atom is -0.337 e. The third kappa shape index (κ3) is 4.50. The van der Waals surface area contributed by atoms with E-state index in [1.54, 1.807) is 20.8 Å². The number of hydrogen-bond donors (Lipinski definition) is 1. The molecule has 1 aromatic heterocycles. The lowest BCUT2D eigenvalue weighted by Gasteiger charge is -2.15. The summed E-state index contributed by atoms with van der Waals surface area (Å²) in [6.07, 6.45) is 1.43. The van der Waals surface area contributed by atoms with Gasteiger partial charge in [-0.3, -0.25) is 4.79 Å². The lowest BCUT2D eigenvalue weighted by molar-refractivity contribution is -0.122. The zero-order chi connectivity index (χ0) is 17.0. The summed E-state index contributed by atoms with van der Waals surface area (Å²) in [6, 6.07) is 9.81. The van der Waals surface area contributed by atoms with E-state index in [9.17, 15) is 4.79 Å². The van der Waals surface area contributed by atoms with E-state index in [1.807, 2.05) is 35.7 Å². The number of thiazole rings is 1. The van der Waals surface area contributed by atoms with E-state index in [2.05, 4.69) is 26.2 Å². The molecule has 0 aliphatic carbocycles. The Kier molecular flexibility index (Phi) is 5.34. The van der Waals surface area contributed by atoms with Crippen LogP contribution in [0.5, 0.6) is 0 Å². The van der Waals surface area contributed by atoms with Gasteiger partial charge in [0.1, 0.15) is 11.6 Å². The number of benzene rings is 1. The maximum atomic E-state index is 12.1. The predicted molar refractivity (Wildman–Crippen MR) is 97.0 cm³/mol. The van der Waals surface area contributed by atoms with Crippen LogP contribution in [0.2, 0.25) is 0 Å². The number of aromatic nitrogens is 1. The van der Waals surface area contributed by atoms with Crippen LogP contribution in [0.1, 0.15) is 20.8 Å². The minimum atomic E-state index is -0.589. The first-order chi connectivity index (χ1) is 10.8. The number of nitrogens with zero attached hydrogens (tertiary/aromatic N) is 2. The summed E-state index contributed by atoms with van der Waals surface area (Å²) in [6.45, 7) is 5.36. The first-order valence-electron chi connectivity index (χ1n) is 6.94. The quantitative estimate of drug-likeness (QED) is 0.589. The largest absolute Gasteiger partial charge is 0.337 e. The van der Waals surface area contributed by atoms with E-state index in [-0.39, 0.29) is 11.4 Å². The highest BCUT2D eigenvalue weighted by Gasteiger charge is 2.25. The summed E-state index contributed by atoms with van der Waals surface area (Å²) in [5.74, 6) is -0.197. The number of rotatable bonds is 4. The summed E-state index contributed by atoms with van der Waals surface area (Å²) in [5.41, 5.74) is 1.36. The molecule has 0 amide bonds. The Balaban J connectivity index is 2.16. The lowest BCUT2D eigenvalue weighted by Crippen LogP contribution is -2.22. The molecule has 0 saturated carbocycles. The summed E-state index contributed by atoms with van der Waals surface area (Å²) >= 11 is 4.82. The highest BCUT2D eigenvalue weighted by molar-refractivity contribution is 9.10. The predicted octanol–water partition coefficient (Wildman–Crippen LogP) is 5.01. The molecule has 1 aromatic carbocycles. The van der Waals surface area contributed by atoms with Crippen molar-refractivity contribution in [1.82, 2.24) is 4.98 Å². The van der Waals surface area contributed by atoms with Crippen molar-refractivity contribution >= 4 is 38.2 Å². The van der Waals surface area contributed by atoms with Gasteiger partial charge in [0.25, 0.3) is 0 Å².